The average Bonchev–Trinajstić information content (AvgIpc) is 2.17. The zero-order valence-corrected chi connectivity index (χ0v) is 9.04. The molecule has 15 heavy (non-hydrogen) atoms. The lowest BCUT2D eigenvalue weighted by Crippen LogP contribution is -2.42. The van der Waals surface area contributed by atoms with Crippen molar-refractivity contribution in [2.75, 3.05) is 13.4 Å². The van der Waals surface area contributed by atoms with Crippen molar-refractivity contribution >= 4 is 11.8 Å². The highest BCUT2D eigenvalue weighted by Gasteiger charge is 2.13. The van der Waals surface area contributed by atoms with Gasteiger partial charge in [-0.25, -0.2) is 0 Å². The number of carbonyl (C=O) groups is 2. The van der Waals surface area contributed by atoms with Gasteiger partial charge in [0, 0.05) is 11.1 Å². The fourth-order valence-corrected chi connectivity index (χ4v) is 0.774. The van der Waals surface area contributed by atoms with E-state index in [1.165, 1.54) is 6.92 Å². The van der Waals surface area contributed by atoms with Crippen molar-refractivity contribution in [3.05, 3.63) is 24.3 Å². The first-order valence-corrected chi connectivity index (χ1v) is 4.39. The molecule has 0 saturated heterocycles. The number of carbonyl (C=O) groups excluding carboxylic acids is 2. The number of amides is 2. The summed E-state index contributed by atoms with van der Waals surface area (Å²) in [5.74, 6) is -0.762. The van der Waals surface area contributed by atoms with Gasteiger partial charge in [0.05, 0.1) is 6.67 Å². The quantitative estimate of drug-likeness (QED) is 0.497. The van der Waals surface area contributed by atoms with Gasteiger partial charge < -0.3 is 10.4 Å². The van der Waals surface area contributed by atoms with Crippen LogP contribution in [-0.2, 0) is 9.59 Å². The second-order valence-corrected chi connectivity index (χ2v) is 3.21. The van der Waals surface area contributed by atoms with Crippen LogP contribution in [0.4, 0.5) is 0 Å². The van der Waals surface area contributed by atoms with Crippen LogP contribution in [0.15, 0.2) is 24.3 Å². The summed E-state index contributed by atoms with van der Waals surface area (Å²) in [6.07, 6.45) is 0. The summed E-state index contributed by atoms with van der Waals surface area (Å²) < 4.78 is 0. The smallest absolute Gasteiger partial charge is 0.252 e. The fourth-order valence-electron chi connectivity index (χ4n) is 0.774. The minimum atomic E-state index is -0.470. The SMILES string of the molecule is C=C(C)C(=O)NCN(CO)C(=O)C(=C)C. The van der Waals surface area contributed by atoms with Crippen molar-refractivity contribution < 1.29 is 14.7 Å². The molecular formula is C10H16N2O3. The van der Waals surface area contributed by atoms with Crippen molar-refractivity contribution in [1.29, 1.82) is 0 Å². The van der Waals surface area contributed by atoms with Crippen LogP contribution < -0.4 is 5.32 Å². The van der Waals surface area contributed by atoms with Gasteiger partial charge in [0.15, 0.2) is 0 Å². The van der Waals surface area contributed by atoms with Crippen LogP contribution in [0.25, 0.3) is 0 Å². The van der Waals surface area contributed by atoms with E-state index >= 15 is 0 Å². The zero-order chi connectivity index (χ0) is 12.0. The maximum atomic E-state index is 11.3. The maximum absolute atomic E-state index is 11.3. The Balaban J connectivity index is 4.24. The molecule has 0 aromatic heterocycles. The number of rotatable bonds is 5. The van der Waals surface area contributed by atoms with Crippen LogP contribution in [0.1, 0.15) is 13.8 Å². The third-order valence-electron chi connectivity index (χ3n) is 1.64. The molecular weight excluding hydrogens is 196 g/mol. The Morgan fingerprint density at radius 1 is 1.27 bits per heavy atom. The zero-order valence-electron chi connectivity index (χ0n) is 9.04. The Bertz CT molecular complexity index is 297. The van der Waals surface area contributed by atoms with Crippen LogP contribution in [0, 0.1) is 0 Å². The van der Waals surface area contributed by atoms with E-state index in [0.717, 1.165) is 4.90 Å². The summed E-state index contributed by atoms with van der Waals surface area (Å²) in [5, 5.41) is 11.3. The molecule has 0 aliphatic heterocycles. The normalized spacial score (nSPS) is 9.27. The van der Waals surface area contributed by atoms with Gasteiger partial charge in [0.25, 0.3) is 5.91 Å². The van der Waals surface area contributed by atoms with Gasteiger partial charge in [-0.2, -0.15) is 0 Å². The summed E-state index contributed by atoms with van der Waals surface area (Å²) in [4.78, 5) is 23.5. The van der Waals surface area contributed by atoms with E-state index in [9.17, 15) is 9.59 Å². The number of hydrogen-bond acceptors (Lipinski definition) is 3. The Labute approximate surface area is 89.1 Å². The van der Waals surface area contributed by atoms with E-state index < -0.39 is 12.6 Å². The standard InChI is InChI=1S/C10H16N2O3/c1-7(2)9(14)11-5-12(6-13)10(15)8(3)4/h13H,1,3,5-6H2,2,4H3,(H,11,14). The highest BCUT2D eigenvalue weighted by Crippen LogP contribution is 1.96. The van der Waals surface area contributed by atoms with Crippen molar-refractivity contribution in [3.63, 3.8) is 0 Å². The van der Waals surface area contributed by atoms with Gasteiger partial charge in [-0.15, -0.1) is 0 Å². The molecule has 0 saturated carbocycles. The minimum absolute atomic E-state index is 0.0616. The van der Waals surface area contributed by atoms with Crippen LogP contribution in [0.3, 0.4) is 0 Å². The third kappa shape index (κ3) is 4.42. The van der Waals surface area contributed by atoms with Crippen molar-refractivity contribution in [2.24, 2.45) is 0 Å². The Morgan fingerprint density at radius 2 is 1.80 bits per heavy atom. The van der Waals surface area contributed by atoms with Crippen LogP contribution >= 0.6 is 0 Å². The fraction of sp³-hybridized carbons (Fsp3) is 0.400. The minimum Gasteiger partial charge on any atom is -0.376 e. The Kier molecular flexibility index (Phi) is 5.33. The van der Waals surface area contributed by atoms with E-state index in [1.807, 2.05) is 0 Å². The van der Waals surface area contributed by atoms with E-state index in [0.29, 0.717) is 11.1 Å². The summed E-state index contributed by atoms with van der Waals surface area (Å²) in [6.45, 7) is 9.45. The first-order valence-electron chi connectivity index (χ1n) is 4.39. The summed E-state index contributed by atoms with van der Waals surface area (Å²) in [7, 11) is 0. The molecule has 0 aliphatic rings. The summed E-state index contributed by atoms with van der Waals surface area (Å²) in [6, 6.07) is 0. The molecule has 0 spiro atoms. The molecule has 2 amide bonds. The van der Waals surface area contributed by atoms with Gasteiger partial charge >= 0.3 is 0 Å². The van der Waals surface area contributed by atoms with Crippen LogP contribution in [0.2, 0.25) is 0 Å². The Morgan fingerprint density at radius 3 is 2.13 bits per heavy atom. The van der Waals surface area contributed by atoms with Crippen LogP contribution in [0.5, 0.6) is 0 Å². The number of nitrogens with one attached hydrogen (secondary N) is 1. The predicted octanol–water partition coefficient (Wildman–Crippen LogP) is -0.00930. The molecule has 0 aliphatic carbocycles. The second kappa shape index (κ2) is 5.98. The first kappa shape index (κ1) is 13.4. The molecule has 5 heteroatoms. The Hall–Kier alpha value is -1.62. The summed E-state index contributed by atoms with van der Waals surface area (Å²) >= 11 is 0. The highest BCUT2D eigenvalue weighted by molar-refractivity contribution is 5.94. The molecule has 0 radical (unpaired) electrons. The van der Waals surface area contributed by atoms with Gasteiger partial charge in [-0.1, -0.05) is 13.2 Å². The van der Waals surface area contributed by atoms with E-state index in [2.05, 4.69) is 18.5 Å². The third-order valence-corrected chi connectivity index (χ3v) is 1.64. The average molecular weight is 212 g/mol. The van der Waals surface area contributed by atoms with Gasteiger partial charge in [0.1, 0.15) is 6.73 Å². The van der Waals surface area contributed by atoms with Gasteiger partial charge in [-0.3, -0.25) is 14.5 Å². The monoisotopic (exact) mass is 212 g/mol. The topological polar surface area (TPSA) is 69.6 Å². The molecule has 0 bridgehead atoms. The first-order chi connectivity index (χ1) is 6.90. The molecule has 0 fully saturated rings. The lowest BCUT2D eigenvalue weighted by Gasteiger charge is -2.20. The van der Waals surface area contributed by atoms with Crippen molar-refractivity contribution in [1.82, 2.24) is 10.2 Å². The van der Waals surface area contributed by atoms with Crippen molar-refractivity contribution in [2.45, 2.75) is 13.8 Å². The molecule has 0 rings (SSSR count). The lowest BCUT2D eigenvalue weighted by atomic mass is 10.3. The predicted molar refractivity (Wildman–Crippen MR) is 56.6 cm³/mol. The molecule has 84 valence electrons. The number of nitrogens with zero attached hydrogens (tertiary/aromatic N) is 1. The van der Waals surface area contributed by atoms with Gasteiger partial charge in [0.2, 0.25) is 5.91 Å². The number of aliphatic hydroxyl groups excluding tert-OH is 1. The van der Waals surface area contributed by atoms with E-state index in [1.54, 1.807) is 6.92 Å². The van der Waals surface area contributed by atoms with Crippen LogP contribution in [-0.4, -0.2) is 35.2 Å². The molecule has 0 atom stereocenters. The van der Waals surface area contributed by atoms with E-state index in [4.69, 9.17) is 5.11 Å². The molecule has 5 nitrogen and oxygen atoms in total. The number of aliphatic hydroxyl groups is 1. The van der Waals surface area contributed by atoms with Crippen molar-refractivity contribution in [3.8, 4) is 0 Å². The van der Waals surface area contributed by atoms with Gasteiger partial charge in [-0.05, 0) is 13.8 Å². The molecule has 0 heterocycles. The maximum Gasteiger partial charge on any atom is 0.252 e. The molecule has 0 aromatic carbocycles. The highest BCUT2D eigenvalue weighted by atomic mass is 16.3. The lowest BCUT2D eigenvalue weighted by molar-refractivity contribution is -0.131. The summed E-state index contributed by atoms with van der Waals surface area (Å²) in [5.41, 5.74) is 0.643. The molecule has 0 unspecified atom stereocenters. The molecule has 2 N–H and O–H groups in total. The number of hydrogen-bond donors (Lipinski definition) is 2. The largest absolute Gasteiger partial charge is 0.376 e. The second-order valence-electron chi connectivity index (χ2n) is 3.21. The van der Waals surface area contributed by atoms with E-state index in [-0.39, 0.29) is 12.6 Å². The molecule has 0 aromatic rings.